The Labute approximate surface area is 105 Å². The summed E-state index contributed by atoms with van der Waals surface area (Å²) in [6.07, 6.45) is 1.60. The second-order valence-corrected chi connectivity index (χ2v) is 4.35. The van der Waals surface area contributed by atoms with E-state index in [-0.39, 0.29) is 5.91 Å². The van der Waals surface area contributed by atoms with Crippen molar-refractivity contribution in [3.05, 3.63) is 59.0 Å². The van der Waals surface area contributed by atoms with Gasteiger partial charge >= 0.3 is 0 Å². The molecule has 0 spiro atoms. The monoisotopic (exact) mass is 242 g/mol. The lowest BCUT2D eigenvalue weighted by Gasteiger charge is -2.05. The van der Waals surface area contributed by atoms with Crippen LogP contribution in [0.4, 0.5) is 0 Å². The summed E-state index contributed by atoms with van der Waals surface area (Å²) in [5.74, 6) is 0.687. The maximum absolute atomic E-state index is 12.0. The third-order valence-electron chi connectivity index (χ3n) is 3.10. The van der Waals surface area contributed by atoms with E-state index in [4.69, 9.17) is 4.42 Å². The first-order valence-corrected chi connectivity index (χ1v) is 5.96. The molecule has 0 bridgehead atoms. The third kappa shape index (κ3) is 2.15. The van der Waals surface area contributed by atoms with Crippen molar-refractivity contribution < 1.29 is 9.21 Å². The average Bonchev–Trinajstić information content (AvgIpc) is 3.05. The van der Waals surface area contributed by atoms with Crippen LogP contribution in [0.2, 0.25) is 0 Å². The zero-order chi connectivity index (χ0) is 12.4. The van der Waals surface area contributed by atoms with Crippen LogP contribution in [0.25, 0.3) is 0 Å². The number of furan rings is 1. The van der Waals surface area contributed by atoms with E-state index in [2.05, 4.69) is 10.6 Å². The average molecular weight is 242 g/mol. The highest BCUT2D eigenvalue weighted by atomic mass is 16.3. The van der Waals surface area contributed by atoms with Crippen LogP contribution < -0.4 is 10.6 Å². The number of rotatable bonds is 3. The molecule has 0 aliphatic carbocycles. The van der Waals surface area contributed by atoms with E-state index in [0.717, 1.165) is 18.8 Å². The lowest BCUT2D eigenvalue weighted by molar-refractivity contribution is 0.0948. The van der Waals surface area contributed by atoms with Gasteiger partial charge in [-0.05, 0) is 35.4 Å². The van der Waals surface area contributed by atoms with Crippen molar-refractivity contribution in [1.82, 2.24) is 10.6 Å². The van der Waals surface area contributed by atoms with Gasteiger partial charge in [-0.25, -0.2) is 0 Å². The smallest absolute Gasteiger partial charge is 0.251 e. The van der Waals surface area contributed by atoms with E-state index in [1.165, 1.54) is 11.1 Å². The molecular weight excluding hydrogens is 228 g/mol. The second kappa shape index (κ2) is 4.66. The third-order valence-corrected chi connectivity index (χ3v) is 3.10. The molecule has 0 unspecified atom stereocenters. The molecule has 1 amide bonds. The Hall–Kier alpha value is -2.07. The van der Waals surface area contributed by atoms with Crippen LogP contribution in [0.1, 0.15) is 27.2 Å². The van der Waals surface area contributed by atoms with Crippen LogP contribution in [-0.4, -0.2) is 5.91 Å². The lowest BCUT2D eigenvalue weighted by atomic mass is 10.1. The Balaban J connectivity index is 1.69. The molecule has 0 fully saturated rings. The van der Waals surface area contributed by atoms with Crippen molar-refractivity contribution in [1.29, 1.82) is 0 Å². The molecule has 2 aromatic rings. The number of hydrogen-bond donors (Lipinski definition) is 2. The van der Waals surface area contributed by atoms with E-state index in [1.54, 1.807) is 6.26 Å². The van der Waals surface area contributed by atoms with E-state index >= 15 is 0 Å². The Bertz CT molecular complexity index is 561. The summed E-state index contributed by atoms with van der Waals surface area (Å²) in [6, 6.07) is 9.47. The van der Waals surface area contributed by atoms with E-state index in [9.17, 15) is 4.79 Å². The quantitative estimate of drug-likeness (QED) is 0.863. The number of benzene rings is 1. The van der Waals surface area contributed by atoms with Crippen LogP contribution in [0, 0.1) is 0 Å². The predicted molar refractivity (Wildman–Crippen MR) is 66.9 cm³/mol. The number of nitrogens with one attached hydrogen (secondary N) is 2. The minimum absolute atomic E-state index is 0.0684. The first-order chi connectivity index (χ1) is 8.83. The fourth-order valence-corrected chi connectivity index (χ4v) is 2.12. The predicted octanol–water partition coefficient (Wildman–Crippen LogP) is 1.81. The summed E-state index contributed by atoms with van der Waals surface area (Å²) in [4.78, 5) is 12.0. The van der Waals surface area contributed by atoms with Gasteiger partial charge in [-0.3, -0.25) is 4.79 Å². The topological polar surface area (TPSA) is 54.3 Å². The Kier molecular flexibility index (Phi) is 2.86. The summed E-state index contributed by atoms with van der Waals surface area (Å²) >= 11 is 0. The molecule has 1 aromatic carbocycles. The van der Waals surface area contributed by atoms with Crippen molar-refractivity contribution in [3.63, 3.8) is 0 Å². The number of carbonyl (C=O) groups excluding carboxylic acids is 1. The van der Waals surface area contributed by atoms with Crippen LogP contribution in [0.5, 0.6) is 0 Å². The molecule has 2 N–H and O–H groups in total. The van der Waals surface area contributed by atoms with Gasteiger partial charge in [-0.15, -0.1) is 0 Å². The van der Waals surface area contributed by atoms with Crippen molar-refractivity contribution >= 4 is 5.91 Å². The summed E-state index contributed by atoms with van der Waals surface area (Å²) < 4.78 is 5.17. The van der Waals surface area contributed by atoms with Gasteiger partial charge < -0.3 is 15.1 Å². The van der Waals surface area contributed by atoms with Crippen molar-refractivity contribution in [3.8, 4) is 0 Å². The van der Waals surface area contributed by atoms with Crippen molar-refractivity contribution in [2.24, 2.45) is 0 Å². The van der Waals surface area contributed by atoms with Gasteiger partial charge in [0.1, 0.15) is 5.76 Å². The molecule has 0 atom stereocenters. The highest BCUT2D eigenvalue weighted by molar-refractivity contribution is 5.94. The van der Waals surface area contributed by atoms with Gasteiger partial charge in [-0.2, -0.15) is 0 Å². The van der Waals surface area contributed by atoms with Gasteiger partial charge in [0.2, 0.25) is 0 Å². The van der Waals surface area contributed by atoms with Crippen molar-refractivity contribution in [2.75, 3.05) is 0 Å². The summed E-state index contributed by atoms with van der Waals surface area (Å²) in [5, 5.41) is 6.10. The lowest BCUT2D eigenvalue weighted by Crippen LogP contribution is -2.22. The summed E-state index contributed by atoms with van der Waals surface area (Å²) in [5.41, 5.74) is 3.18. The van der Waals surface area contributed by atoms with Gasteiger partial charge in [0.25, 0.3) is 5.91 Å². The van der Waals surface area contributed by atoms with Gasteiger partial charge in [0.15, 0.2) is 0 Å². The normalized spacial score (nSPS) is 13.3. The molecule has 4 nitrogen and oxygen atoms in total. The Morgan fingerprint density at radius 1 is 1.28 bits per heavy atom. The minimum Gasteiger partial charge on any atom is -0.467 e. The minimum atomic E-state index is -0.0684. The zero-order valence-electron chi connectivity index (χ0n) is 9.90. The first kappa shape index (κ1) is 11.0. The molecule has 1 aliphatic heterocycles. The van der Waals surface area contributed by atoms with Crippen molar-refractivity contribution in [2.45, 2.75) is 19.6 Å². The van der Waals surface area contributed by atoms with Crippen LogP contribution in [0.3, 0.4) is 0 Å². The molecular formula is C14H14N2O2. The largest absolute Gasteiger partial charge is 0.467 e. The molecule has 4 heteroatoms. The molecule has 92 valence electrons. The van der Waals surface area contributed by atoms with E-state index in [0.29, 0.717) is 12.1 Å². The summed E-state index contributed by atoms with van der Waals surface area (Å²) in [6.45, 7) is 2.15. The van der Waals surface area contributed by atoms with Crippen LogP contribution in [0.15, 0.2) is 41.0 Å². The molecule has 1 aromatic heterocycles. The molecule has 0 saturated carbocycles. The molecule has 0 radical (unpaired) electrons. The number of amides is 1. The fraction of sp³-hybridized carbons (Fsp3) is 0.214. The molecule has 3 rings (SSSR count). The maximum atomic E-state index is 12.0. The van der Waals surface area contributed by atoms with Crippen LogP contribution in [-0.2, 0) is 19.6 Å². The standard InChI is InChI=1S/C14H14N2O2/c17-14(16-9-13-2-1-5-18-13)10-3-4-11-7-15-8-12(11)6-10/h1-6,15H,7-9H2,(H,16,17). The SMILES string of the molecule is O=C(NCc1ccco1)c1ccc2c(c1)CNC2. The highest BCUT2D eigenvalue weighted by Gasteiger charge is 2.13. The van der Waals surface area contributed by atoms with Gasteiger partial charge in [0.05, 0.1) is 12.8 Å². The number of hydrogen-bond acceptors (Lipinski definition) is 3. The molecule has 18 heavy (non-hydrogen) atoms. The zero-order valence-corrected chi connectivity index (χ0v) is 9.90. The second-order valence-electron chi connectivity index (χ2n) is 4.35. The van der Waals surface area contributed by atoms with E-state index < -0.39 is 0 Å². The highest BCUT2D eigenvalue weighted by Crippen LogP contribution is 2.17. The number of fused-ring (bicyclic) bond motifs is 1. The van der Waals surface area contributed by atoms with Gasteiger partial charge in [0, 0.05) is 18.7 Å². The maximum Gasteiger partial charge on any atom is 0.251 e. The fourth-order valence-electron chi connectivity index (χ4n) is 2.12. The van der Waals surface area contributed by atoms with Gasteiger partial charge in [-0.1, -0.05) is 6.07 Å². The molecule has 1 aliphatic rings. The molecule has 2 heterocycles. The Morgan fingerprint density at radius 2 is 2.17 bits per heavy atom. The van der Waals surface area contributed by atoms with E-state index in [1.807, 2.05) is 30.3 Å². The Morgan fingerprint density at radius 3 is 3.00 bits per heavy atom. The molecule has 0 saturated heterocycles. The van der Waals surface area contributed by atoms with Crippen LogP contribution >= 0.6 is 0 Å². The summed E-state index contributed by atoms with van der Waals surface area (Å²) in [7, 11) is 0. The number of carbonyl (C=O) groups is 1. The first-order valence-electron chi connectivity index (χ1n) is 5.96.